The molecular formula is C28H34N8O5S. The molecule has 0 saturated carbocycles. The number of anilines is 1. The van der Waals surface area contributed by atoms with Crippen LogP contribution in [-0.2, 0) is 22.6 Å². The lowest BCUT2D eigenvalue weighted by atomic mass is 10.0. The molecule has 222 valence electrons. The standard InChI is InChI=1S/C28H34N8O5S/c1-2-3-10-31-28(41)36(11-9-29)35-13-12-34(16-19-5-4-6-23-25(19)33-27(30)42-23)26(40)20(32-24(39)17-35)14-18-7-8-21(37)22(38)15-18/h4-8,15,20,37-38H,2-3,10-14,16-17H2,1H3,(H2,30,33)(H,31,41)(H,32,39)/t20-/m0/s1. The lowest BCUT2D eigenvalue weighted by molar-refractivity contribution is -0.136. The number of carbonyl (C=O) groups excluding carboxylic acids is 3. The zero-order valence-corrected chi connectivity index (χ0v) is 24.1. The van der Waals surface area contributed by atoms with Crippen LogP contribution in [0.15, 0.2) is 36.4 Å². The second-order valence-corrected chi connectivity index (χ2v) is 11.0. The lowest BCUT2D eigenvalue weighted by Crippen LogP contribution is -2.55. The maximum absolute atomic E-state index is 14.0. The Hall–Kier alpha value is -4.61. The zero-order chi connectivity index (χ0) is 30.2. The number of hydrogen-bond donors (Lipinski definition) is 5. The number of para-hydroxylation sites is 1. The monoisotopic (exact) mass is 594 g/mol. The van der Waals surface area contributed by atoms with E-state index >= 15 is 0 Å². The number of nitriles is 1. The summed E-state index contributed by atoms with van der Waals surface area (Å²) in [5.41, 5.74) is 7.91. The van der Waals surface area contributed by atoms with Gasteiger partial charge in [-0.2, -0.15) is 5.26 Å². The summed E-state index contributed by atoms with van der Waals surface area (Å²) in [7, 11) is 0. The van der Waals surface area contributed by atoms with Gasteiger partial charge in [-0.3, -0.25) is 9.59 Å². The third-order valence-corrected chi connectivity index (χ3v) is 7.71. The van der Waals surface area contributed by atoms with E-state index in [4.69, 9.17) is 5.73 Å². The van der Waals surface area contributed by atoms with Gasteiger partial charge in [0.1, 0.15) is 12.6 Å². The molecular weight excluding hydrogens is 560 g/mol. The molecule has 0 spiro atoms. The van der Waals surface area contributed by atoms with Gasteiger partial charge in [-0.25, -0.2) is 19.8 Å². The van der Waals surface area contributed by atoms with Crippen molar-refractivity contribution in [2.75, 3.05) is 38.5 Å². The number of nitrogens with two attached hydrogens (primary N) is 1. The van der Waals surface area contributed by atoms with Crippen molar-refractivity contribution in [3.05, 3.63) is 47.5 Å². The number of urea groups is 1. The quantitative estimate of drug-likeness (QED) is 0.140. The van der Waals surface area contributed by atoms with Crippen LogP contribution >= 0.6 is 11.3 Å². The molecule has 0 unspecified atom stereocenters. The Balaban J connectivity index is 1.66. The van der Waals surface area contributed by atoms with Gasteiger partial charge < -0.3 is 31.5 Å². The van der Waals surface area contributed by atoms with E-state index in [2.05, 4.69) is 15.6 Å². The van der Waals surface area contributed by atoms with Gasteiger partial charge in [0.15, 0.2) is 16.6 Å². The fourth-order valence-corrected chi connectivity index (χ4v) is 5.52. The summed E-state index contributed by atoms with van der Waals surface area (Å²) in [6.45, 7) is 2.25. The Morgan fingerprint density at radius 3 is 2.81 bits per heavy atom. The highest BCUT2D eigenvalue weighted by Crippen LogP contribution is 2.28. The predicted octanol–water partition coefficient (Wildman–Crippen LogP) is 1.91. The van der Waals surface area contributed by atoms with Crippen LogP contribution in [0.4, 0.5) is 9.93 Å². The Bertz CT molecular complexity index is 1490. The molecule has 1 aromatic heterocycles. The van der Waals surface area contributed by atoms with Crippen molar-refractivity contribution in [3.8, 4) is 17.6 Å². The van der Waals surface area contributed by atoms with E-state index in [0.29, 0.717) is 22.8 Å². The van der Waals surface area contributed by atoms with E-state index in [1.807, 2.05) is 31.2 Å². The van der Waals surface area contributed by atoms with E-state index in [-0.39, 0.29) is 56.6 Å². The molecule has 1 fully saturated rings. The molecule has 0 aliphatic carbocycles. The molecule has 4 rings (SSSR count). The van der Waals surface area contributed by atoms with E-state index < -0.39 is 18.0 Å². The number of aromatic hydroxyl groups is 2. The predicted molar refractivity (Wildman–Crippen MR) is 157 cm³/mol. The number of rotatable bonds is 9. The fourth-order valence-electron chi connectivity index (χ4n) is 4.73. The topological polar surface area (TPSA) is 188 Å². The third kappa shape index (κ3) is 7.36. The molecule has 2 aromatic carbocycles. The Morgan fingerprint density at radius 2 is 2.07 bits per heavy atom. The number of benzene rings is 2. The first-order valence-electron chi connectivity index (χ1n) is 13.6. The number of phenols is 2. The van der Waals surface area contributed by atoms with Gasteiger partial charge in [-0.1, -0.05) is 42.9 Å². The number of amides is 4. The molecule has 0 radical (unpaired) electrons. The number of carbonyl (C=O) groups is 3. The maximum atomic E-state index is 14.0. The molecule has 1 atom stereocenters. The van der Waals surface area contributed by atoms with Crippen molar-refractivity contribution >= 4 is 44.5 Å². The van der Waals surface area contributed by atoms with Gasteiger partial charge >= 0.3 is 6.03 Å². The smallest absolute Gasteiger partial charge is 0.332 e. The van der Waals surface area contributed by atoms with Crippen LogP contribution < -0.4 is 16.4 Å². The normalized spacial score (nSPS) is 16.3. The van der Waals surface area contributed by atoms with Crippen molar-refractivity contribution in [1.29, 1.82) is 5.26 Å². The molecule has 3 aromatic rings. The second kappa shape index (κ2) is 13.8. The van der Waals surface area contributed by atoms with Crippen molar-refractivity contribution in [2.24, 2.45) is 0 Å². The maximum Gasteiger partial charge on any atom is 0.332 e. The number of nitrogens with zero attached hydrogens (tertiary/aromatic N) is 5. The van der Waals surface area contributed by atoms with Crippen molar-refractivity contribution in [1.82, 2.24) is 30.5 Å². The number of phenolic OH excluding ortho intramolecular Hbond substituents is 2. The number of thiazole rings is 1. The number of nitrogen functional groups attached to an aromatic ring is 1. The van der Waals surface area contributed by atoms with Gasteiger partial charge in [0.2, 0.25) is 11.8 Å². The Labute approximate surface area is 247 Å². The zero-order valence-electron chi connectivity index (χ0n) is 23.2. The Kier molecular flexibility index (Phi) is 10.00. The second-order valence-electron chi connectivity index (χ2n) is 9.91. The van der Waals surface area contributed by atoms with Crippen molar-refractivity contribution < 1.29 is 24.6 Å². The molecule has 14 heteroatoms. The lowest BCUT2D eigenvalue weighted by Gasteiger charge is -2.33. The molecule has 13 nitrogen and oxygen atoms in total. The number of hydrazine groups is 1. The molecule has 1 aliphatic heterocycles. The van der Waals surface area contributed by atoms with E-state index in [9.17, 15) is 29.9 Å². The summed E-state index contributed by atoms with van der Waals surface area (Å²) in [6, 6.07) is 10.3. The summed E-state index contributed by atoms with van der Waals surface area (Å²) >= 11 is 1.34. The molecule has 1 aliphatic rings. The largest absolute Gasteiger partial charge is 0.504 e. The highest BCUT2D eigenvalue weighted by atomic mass is 32.1. The molecule has 6 N–H and O–H groups in total. The third-order valence-electron chi connectivity index (χ3n) is 6.86. The number of nitrogens with one attached hydrogen (secondary N) is 2. The average Bonchev–Trinajstić information content (AvgIpc) is 3.36. The molecule has 2 heterocycles. The average molecular weight is 595 g/mol. The van der Waals surface area contributed by atoms with Crippen LogP contribution in [0.3, 0.4) is 0 Å². The molecule has 42 heavy (non-hydrogen) atoms. The minimum Gasteiger partial charge on any atom is -0.504 e. The SMILES string of the molecule is CCCCNC(=O)N(CC#N)N1CCN(Cc2cccc3sc(N)nc23)C(=O)[C@H](Cc2ccc(O)c(O)c2)NC(=O)C1. The molecule has 4 amide bonds. The van der Waals surface area contributed by atoms with E-state index in [0.717, 1.165) is 23.1 Å². The highest BCUT2D eigenvalue weighted by molar-refractivity contribution is 7.22. The summed E-state index contributed by atoms with van der Waals surface area (Å²) in [5.74, 6) is -1.54. The van der Waals surface area contributed by atoms with Gasteiger partial charge in [-0.15, -0.1) is 0 Å². The Morgan fingerprint density at radius 1 is 1.26 bits per heavy atom. The first kappa shape index (κ1) is 30.4. The minimum absolute atomic E-state index is 0.0438. The minimum atomic E-state index is -1.01. The number of fused-ring (bicyclic) bond motifs is 1. The summed E-state index contributed by atoms with van der Waals surface area (Å²) in [4.78, 5) is 46.2. The fraction of sp³-hybridized carbons (Fsp3) is 0.393. The summed E-state index contributed by atoms with van der Waals surface area (Å²) in [5, 5.41) is 37.8. The van der Waals surface area contributed by atoms with Crippen molar-refractivity contribution in [3.63, 3.8) is 0 Å². The van der Waals surface area contributed by atoms with Gasteiger partial charge in [0, 0.05) is 32.6 Å². The van der Waals surface area contributed by atoms with Gasteiger partial charge in [0.25, 0.3) is 0 Å². The van der Waals surface area contributed by atoms with Crippen LogP contribution in [0.25, 0.3) is 10.2 Å². The van der Waals surface area contributed by atoms with Crippen LogP contribution in [0.2, 0.25) is 0 Å². The number of hydrogen-bond acceptors (Lipinski definition) is 10. The first-order chi connectivity index (χ1) is 20.2. The number of aromatic nitrogens is 1. The van der Waals surface area contributed by atoms with Crippen molar-refractivity contribution in [2.45, 2.75) is 38.8 Å². The summed E-state index contributed by atoms with van der Waals surface area (Å²) in [6.07, 6.45) is 1.68. The van der Waals surface area contributed by atoms with Crippen LogP contribution in [-0.4, -0.2) is 86.7 Å². The first-order valence-corrected chi connectivity index (χ1v) is 14.4. The highest BCUT2D eigenvalue weighted by Gasteiger charge is 2.32. The summed E-state index contributed by atoms with van der Waals surface area (Å²) < 4.78 is 0.872. The van der Waals surface area contributed by atoms with Crippen LogP contribution in [0.5, 0.6) is 11.5 Å². The molecule has 1 saturated heterocycles. The van der Waals surface area contributed by atoms with Crippen LogP contribution in [0.1, 0.15) is 30.9 Å². The van der Waals surface area contributed by atoms with Gasteiger partial charge in [0.05, 0.1) is 22.8 Å². The van der Waals surface area contributed by atoms with Gasteiger partial charge in [-0.05, 0) is 35.7 Å². The number of unbranched alkanes of at least 4 members (excludes halogenated alkanes) is 1. The van der Waals surface area contributed by atoms with E-state index in [1.165, 1.54) is 33.5 Å². The van der Waals surface area contributed by atoms with Crippen LogP contribution in [0, 0.1) is 11.3 Å². The molecule has 0 bridgehead atoms. The van der Waals surface area contributed by atoms with E-state index in [1.54, 1.807) is 11.0 Å².